The zero-order valence-electron chi connectivity index (χ0n) is 26.2. The predicted molar refractivity (Wildman–Crippen MR) is 179 cm³/mol. The number of pyridine rings is 1. The first-order valence-corrected chi connectivity index (χ1v) is 16.0. The lowest BCUT2D eigenvalue weighted by molar-refractivity contribution is -0.384. The van der Waals surface area contributed by atoms with Gasteiger partial charge >= 0.3 is 0 Å². The van der Waals surface area contributed by atoms with Gasteiger partial charge in [0.1, 0.15) is 5.75 Å². The van der Waals surface area contributed by atoms with Crippen molar-refractivity contribution in [1.29, 1.82) is 0 Å². The minimum Gasteiger partial charge on any atom is -0.507 e. The summed E-state index contributed by atoms with van der Waals surface area (Å²) in [5.74, 6) is -1.57. The minimum absolute atomic E-state index is 0.154. The summed E-state index contributed by atoms with van der Waals surface area (Å²) in [4.78, 5) is 44.5. The molecule has 1 N–H and O–H groups in total. The number of hydrogen-bond acceptors (Lipinski definition) is 7. The van der Waals surface area contributed by atoms with Gasteiger partial charge in [0.2, 0.25) is 11.8 Å². The van der Waals surface area contributed by atoms with E-state index in [1.54, 1.807) is 18.3 Å². The third-order valence-corrected chi connectivity index (χ3v) is 9.87. The van der Waals surface area contributed by atoms with Crippen LogP contribution in [0.4, 0.5) is 11.4 Å². The topological polar surface area (TPSA) is 123 Å². The molecule has 4 atom stereocenters. The molecule has 0 saturated carbocycles. The van der Waals surface area contributed by atoms with Gasteiger partial charge in [0, 0.05) is 29.6 Å². The molecule has 2 aliphatic heterocycles. The van der Waals surface area contributed by atoms with Crippen molar-refractivity contribution in [3.8, 4) is 5.75 Å². The van der Waals surface area contributed by atoms with Gasteiger partial charge in [-0.05, 0) is 77.6 Å². The molecular formula is C38H35N3O6. The number of rotatable bonds is 8. The van der Waals surface area contributed by atoms with E-state index in [4.69, 9.17) is 4.74 Å². The largest absolute Gasteiger partial charge is 0.507 e. The van der Waals surface area contributed by atoms with Crippen LogP contribution >= 0.6 is 0 Å². The minimum atomic E-state index is -0.571. The van der Waals surface area contributed by atoms with E-state index in [2.05, 4.69) is 24.9 Å². The summed E-state index contributed by atoms with van der Waals surface area (Å²) in [6, 6.07) is 23.0. The summed E-state index contributed by atoms with van der Waals surface area (Å²) in [5, 5.41) is 23.6. The Morgan fingerprint density at radius 3 is 2.55 bits per heavy atom. The maximum Gasteiger partial charge on any atom is 0.271 e. The number of imide groups is 1. The van der Waals surface area contributed by atoms with Crippen LogP contribution < -0.4 is 4.90 Å². The number of nitro benzene ring substituents is 1. The van der Waals surface area contributed by atoms with E-state index in [1.807, 2.05) is 48.5 Å². The lowest BCUT2D eigenvalue weighted by Gasteiger charge is -2.33. The van der Waals surface area contributed by atoms with Crippen molar-refractivity contribution < 1.29 is 24.4 Å². The van der Waals surface area contributed by atoms with Crippen molar-refractivity contribution in [2.24, 2.45) is 23.7 Å². The number of hydrogen-bond donors (Lipinski definition) is 1. The highest BCUT2D eigenvalue weighted by atomic mass is 16.6. The molecule has 2 saturated heterocycles. The molecule has 238 valence electrons. The average Bonchev–Trinajstić information content (AvgIpc) is 3.61. The first-order chi connectivity index (χ1) is 22.7. The number of aromatic hydroxyl groups is 1. The molecule has 47 heavy (non-hydrogen) atoms. The third kappa shape index (κ3) is 5.40. The second kappa shape index (κ2) is 12.2. The highest BCUT2D eigenvalue weighted by molar-refractivity contribution is 6.22. The van der Waals surface area contributed by atoms with Gasteiger partial charge in [-0.1, -0.05) is 61.9 Å². The van der Waals surface area contributed by atoms with Crippen LogP contribution in [0.15, 0.2) is 96.2 Å². The number of allylic oxidation sites excluding steroid dienone is 2. The van der Waals surface area contributed by atoms with Crippen LogP contribution in [0.1, 0.15) is 44.4 Å². The third-order valence-electron chi connectivity index (χ3n) is 9.87. The molecule has 1 aliphatic carbocycles. The molecule has 1 aromatic heterocycles. The second-order valence-corrected chi connectivity index (χ2v) is 12.8. The van der Waals surface area contributed by atoms with Gasteiger partial charge in [-0.15, -0.1) is 0 Å². The predicted octanol–water partition coefficient (Wildman–Crippen LogP) is 7.35. The van der Waals surface area contributed by atoms with E-state index in [1.165, 1.54) is 18.2 Å². The molecule has 0 spiro atoms. The zero-order valence-corrected chi connectivity index (χ0v) is 26.2. The number of carbonyl (C=O) groups excluding carboxylic acids is 2. The molecule has 9 nitrogen and oxygen atoms in total. The Balaban J connectivity index is 1.20. The van der Waals surface area contributed by atoms with E-state index in [0.717, 1.165) is 43.6 Å². The Hall–Kier alpha value is -5.15. The number of nitro groups is 1. The van der Waals surface area contributed by atoms with Gasteiger partial charge in [-0.25, -0.2) is 4.90 Å². The first-order valence-electron chi connectivity index (χ1n) is 16.0. The number of carbonyl (C=O) groups is 2. The number of ether oxygens (including phenoxy) is 1. The molecule has 0 radical (unpaired) electrons. The van der Waals surface area contributed by atoms with Gasteiger partial charge in [-0.2, -0.15) is 0 Å². The van der Waals surface area contributed by atoms with Crippen LogP contribution in [0.5, 0.6) is 5.75 Å². The number of anilines is 1. The summed E-state index contributed by atoms with van der Waals surface area (Å²) in [6.07, 6.45) is 5.45. The number of amides is 2. The van der Waals surface area contributed by atoms with Crippen molar-refractivity contribution in [2.75, 3.05) is 11.5 Å². The molecule has 0 bridgehead atoms. The zero-order chi connectivity index (χ0) is 32.8. The van der Waals surface area contributed by atoms with Crippen LogP contribution in [-0.2, 0) is 14.3 Å². The maximum atomic E-state index is 14.0. The molecule has 2 fully saturated rings. The SMILES string of the molecule is CC(C)C1=C2[C@@H](CC/C(=C/c3ccc(O)c4ccccc34)c3ccccn3)OC[C@@H]2[C@@H]2C(=O)N(c3cccc([N+](=O)[O-])c3)C(=O)[C@@H]2C1. The smallest absolute Gasteiger partial charge is 0.271 e. The van der Waals surface area contributed by atoms with Crippen LogP contribution in [0.3, 0.4) is 0 Å². The Morgan fingerprint density at radius 2 is 1.81 bits per heavy atom. The van der Waals surface area contributed by atoms with Crippen LogP contribution in [0.25, 0.3) is 22.4 Å². The molecule has 9 heteroatoms. The van der Waals surface area contributed by atoms with E-state index in [0.29, 0.717) is 25.9 Å². The number of phenols is 1. The Bertz CT molecular complexity index is 1970. The van der Waals surface area contributed by atoms with Gasteiger partial charge in [0.25, 0.3) is 5.69 Å². The summed E-state index contributed by atoms with van der Waals surface area (Å²) in [7, 11) is 0. The highest BCUT2D eigenvalue weighted by Crippen LogP contribution is 2.52. The van der Waals surface area contributed by atoms with Gasteiger partial charge < -0.3 is 9.84 Å². The summed E-state index contributed by atoms with van der Waals surface area (Å²) >= 11 is 0. The molecule has 3 aromatic carbocycles. The Labute approximate surface area is 272 Å². The summed E-state index contributed by atoms with van der Waals surface area (Å²) < 4.78 is 6.48. The average molecular weight is 630 g/mol. The Morgan fingerprint density at radius 1 is 1.02 bits per heavy atom. The molecule has 0 unspecified atom stereocenters. The summed E-state index contributed by atoms with van der Waals surface area (Å²) in [6.45, 7) is 4.57. The Kier molecular flexibility index (Phi) is 7.93. The lowest BCUT2D eigenvalue weighted by Crippen LogP contribution is -2.35. The first kappa shape index (κ1) is 30.5. The number of non-ortho nitro benzene ring substituents is 1. The molecule has 2 amide bonds. The fourth-order valence-electron chi connectivity index (χ4n) is 7.69. The van der Waals surface area contributed by atoms with Gasteiger partial charge in [0.15, 0.2) is 0 Å². The van der Waals surface area contributed by atoms with Crippen molar-refractivity contribution in [1.82, 2.24) is 4.98 Å². The van der Waals surface area contributed by atoms with E-state index >= 15 is 0 Å². The van der Waals surface area contributed by atoms with Crippen molar-refractivity contribution >= 4 is 45.6 Å². The monoisotopic (exact) mass is 629 g/mol. The molecule has 4 aromatic rings. The molecule has 7 rings (SSSR count). The van der Waals surface area contributed by atoms with Crippen molar-refractivity contribution in [3.63, 3.8) is 0 Å². The molecule has 3 heterocycles. The van der Waals surface area contributed by atoms with Crippen molar-refractivity contribution in [3.05, 3.63) is 118 Å². The number of benzene rings is 3. The maximum absolute atomic E-state index is 14.0. The normalized spacial score (nSPS) is 22.7. The van der Waals surface area contributed by atoms with Crippen LogP contribution in [-0.4, -0.2) is 39.5 Å². The second-order valence-electron chi connectivity index (χ2n) is 12.8. The van der Waals surface area contributed by atoms with E-state index in [9.17, 15) is 24.8 Å². The number of phenolic OH excluding ortho intramolecular Hbond substituents is 1. The van der Waals surface area contributed by atoms with Gasteiger partial charge in [-0.3, -0.25) is 24.7 Å². The number of nitrogens with zero attached hydrogens (tertiary/aromatic N) is 3. The number of aromatic nitrogens is 1. The lowest BCUT2D eigenvalue weighted by atomic mass is 9.67. The fraction of sp³-hybridized carbons (Fsp3) is 0.289. The molecule has 3 aliphatic rings. The molecular weight excluding hydrogens is 594 g/mol. The van der Waals surface area contributed by atoms with Crippen molar-refractivity contribution in [2.45, 2.75) is 39.2 Å². The van der Waals surface area contributed by atoms with E-state index < -0.39 is 16.8 Å². The van der Waals surface area contributed by atoms with Crippen LogP contribution in [0, 0.1) is 33.8 Å². The van der Waals surface area contributed by atoms with Crippen LogP contribution in [0.2, 0.25) is 0 Å². The fourth-order valence-corrected chi connectivity index (χ4v) is 7.69. The van der Waals surface area contributed by atoms with E-state index in [-0.39, 0.29) is 46.9 Å². The standard InChI is InChI=1S/C38H35N3O6/c1-22(2)29-20-30-36(38(44)40(37(30)43)25-8-7-9-26(19-25)41(45)46)31-21-47-34(35(29)31)16-14-24(32-12-5-6-17-39-32)18-23-13-15-33(42)28-11-4-3-10-27(23)28/h3-13,15,17-19,22,30-31,34,36,42H,14,16,20-21H2,1-2H3/b24-18-/t30-,31+,34-,36-/m1/s1. The summed E-state index contributed by atoms with van der Waals surface area (Å²) in [5.41, 5.74) is 5.21. The van der Waals surface area contributed by atoms with Gasteiger partial charge in [0.05, 0.1) is 40.9 Å². The highest BCUT2D eigenvalue weighted by Gasteiger charge is 2.57. The quantitative estimate of drug-likeness (QED) is 0.0936. The number of fused-ring (bicyclic) bond motifs is 4.